The topological polar surface area (TPSA) is 55.7 Å². The van der Waals surface area contributed by atoms with E-state index in [1.165, 1.54) is 6.08 Å². The molecule has 0 radical (unpaired) electrons. The maximum Gasteiger partial charge on any atom is 0.330 e. The average Bonchev–Trinajstić information content (AvgIpc) is 2.33. The van der Waals surface area contributed by atoms with Gasteiger partial charge in [-0.2, -0.15) is 4.40 Å². The Labute approximate surface area is 127 Å². The van der Waals surface area contributed by atoms with E-state index in [9.17, 15) is 9.00 Å². The molecule has 0 saturated carbocycles. The summed E-state index contributed by atoms with van der Waals surface area (Å²) in [6, 6.07) is 0. The van der Waals surface area contributed by atoms with Crippen molar-refractivity contribution in [3.63, 3.8) is 0 Å². The Morgan fingerprint density at radius 1 is 1.37 bits per heavy atom. The first kappa shape index (κ1) is 20.8. The van der Waals surface area contributed by atoms with Gasteiger partial charge in [-0.1, -0.05) is 28.9 Å². The van der Waals surface area contributed by atoms with Gasteiger partial charge < -0.3 is 4.74 Å². The van der Waals surface area contributed by atoms with Gasteiger partial charge in [0.1, 0.15) is 11.0 Å². The zero-order valence-corrected chi connectivity index (χ0v) is 14.7. The molecule has 0 aromatic heterocycles. The zero-order valence-electron chi connectivity index (χ0n) is 12.3. The summed E-state index contributed by atoms with van der Waals surface area (Å²) < 4.78 is 19.4. The van der Waals surface area contributed by atoms with Gasteiger partial charge >= 0.3 is 5.97 Å². The molecule has 0 N–H and O–H groups in total. The van der Waals surface area contributed by atoms with E-state index >= 15 is 0 Å². The quantitative estimate of drug-likeness (QED) is 0.329. The molecule has 0 unspecified atom stereocenters. The van der Waals surface area contributed by atoms with Crippen molar-refractivity contribution in [2.75, 3.05) is 11.9 Å². The molecular formula is C13H24BrNO3S. The third kappa shape index (κ3) is 15.5. The molecular weight excluding hydrogens is 330 g/mol. The van der Waals surface area contributed by atoms with Crippen LogP contribution >= 0.6 is 15.9 Å². The first-order valence-electron chi connectivity index (χ1n) is 6.13. The van der Waals surface area contributed by atoms with Crippen LogP contribution in [0.3, 0.4) is 0 Å². The fourth-order valence-electron chi connectivity index (χ4n) is 0.631. The lowest BCUT2D eigenvalue weighted by Crippen LogP contribution is -2.19. The molecule has 0 aliphatic carbocycles. The third-order valence-electron chi connectivity index (χ3n) is 1.51. The summed E-state index contributed by atoms with van der Waals surface area (Å²) in [6.45, 7) is 9.93. The first-order chi connectivity index (χ1) is 8.79. The maximum atomic E-state index is 11.1. The van der Waals surface area contributed by atoms with Crippen molar-refractivity contribution in [3.05, 3.63) is 12.2 Å². The SMILES string of the molecule is CCC=N[S@](=O)C(C)(C)C.CCOC(=O)/C=C/CBr. The summed E-state index contributed by atoms with van der Waals surface area (Å²) in [5.74, 6) is -0.281. The number of halogens is 1. The predicted molar refractivity (Wildman–Crippen MR) is 86.2 cm³/mol. The number of carbonyl (C=O) groups excluding carboxylic acids is 1. The van der Waals surface area contributed by atoms with Crippen molar-refractivity contribution in [2.45, 2.75) is 45.8 Å². The van der Waals surface area contributed by atoms with Crippen molar-refractivity contribution >= 4 is 39.1 Å². The van der Waals surface area contributed by atoms with Gasteiger partial charge in [-0.3, -0.25) is 0 Å². The second kappa shape index (κ2) is 12.5. The minimum atomic E-state index is -1.07. The van der Waals surface area contributed by atoms with Gasteiger partial charge in [0.15, 0.2) is 0 Å². The Bertz CT molecular complexity index is 322. The van der Waals surface area contributed by atoms with E-state index in [4.69, 9.17) is 0 Å². The molecule has 6 heteroatoms. The largest absolute Gasteiger partial charge is 0.463 e. The lowest BCUT2D eigenvalue weighted by molar-refractivity contribution is -0.137. The Balaban J connectivity index is 0. The molecule has 0 aliphatic rings. The van der Waals surface area contributed by atoms with Gasteiger partial charge in [-0.25, -0.2) is 9.00 Å². The van der Waals surface area contributed by atoms with E-state index in [0.29, 0.717) is 11.9 Å². The van der Waals surface area contributed by atoms with Crippen molar-refractivity contribution < 1.29 is 13.7 Å². The molecule has 19 heavy (non-hydrogen) atoms. The summed E-state index contributed by atoms with van der Waals surface area (Å²) in [7, 11) is -1.07. The smallest absolute Gasteiger partial charge is 0.330 e. The highest BCUT2D eigenvalue weighted by atomic mass is 79.9. The number of esters is 1. The number of hydrogen-bond acceptors (Lipinski definition) is 3. The van der Waals surface area contributed by atoms with Crippen molar-refractivity contribution in [3.8, 4) is 0 Å². The number of nitrogens with zero attached hydrogens (tertiary/aromatic N) is 1. The second-order valence-electron chi connectivity index (χ2n) is 4.37. The molecule has 0 amide bonds. The highest BCUT2D eigenvalue weighted by Crippen LogP contribution is 2.11. The van der Waals surface area contributed by atoms with Gasteiger partial charge in [-0.05, 0) is 34.1 Å². The number of carbonyl (C=O) groups is 1. The summed E-state index contributed by atoms with van der Waals surface area (Å²) >= 11 is 3.13. The number of ether oxygens (including phenoxy) is 1. The van der Waals surface area contributed by atoms with E-state index < -0.39 is 11.0 Å². The van der Waals surface area contributed by atoms with Crippen LogP contribution in [0.5, 0.6) is 0 Å². The molecule has 0 aromatic rings. The molecule has 112 valence electrons. The minimum absolute atomic E-state index is 0.217. The van der Waals surface area contributed by atoms with Gasteiger partial charge in [0.25, 0.3) is 0 Å². The summed E-state index contributed by atoms with van der Waals surface area (Å²) in [4.78, 5) is 10.5. The zero-order chi connectivity index (χ0) is 15.3. The average molecular weight is 354 g/mol. The van der Waals surface area contributed by atoms with E-state index in [1.807, 2.05) is 27.7 Å². The van der Waals surface area contributed by atoms with Crippen LogP contribution < -0.4 is 0 Å². The first-order valence-corrected chi connectivity index (χ1v) is 8.36. The molecule has 0 saturated heterocycles. The highest BCUT2D eigenvalue weighted by Gasteiger charge is 2.17. The summed E-state index contributed by atoms with van der Waals surface area (Å²) in [6.07, 6.45) is 5.64. The molecule has 0 heterocycles. The molecule has 0 rings (SSSR count). The Morgan fingerprint density at radius 3 is 2.32 bits per heavy atom. The van der Waals surface area contributed by atoms with Gasteiger partial charge in [0.2, 0.25) is 0 Å². The number of alkyl halides is 1. The van der Waals surface area contributed by atoms with Crippen LogP contribution in [-0.4, -0.2) is 33.1 Å². The van der Waals surface area contributed by atoms with Crippen LogP contribution in [-0.2, 0) is 20.5 Å². The molecule has 0 spiro atoms. The standard InChI is InChI=1S/C7H15NOS.C6H9BrO2/c1-5-6-8-10(9)7(2,3)4;1-2-9-6(8)4-3-5-7/h6H,5H2,1-4H3;3-4H,2,5H2,1H3/b;4-3+/t10-;/m1./s1. The van der Waals surface area contributed by atoms with Gasteiger partial charge in [0, 0.05) is 17.6 Å². The van der Waals surface area contributed by atoms with Gasteiger partial charge in [0.05, 0.1) is 11.4 Å². The third-order valence-corrected chi connectivity index (χ3v) is 3.27. The van der Waals surface area contributed by atoms with Crippen LogP contribution in [0.4, 0.5) is 0 Å². The fourth-order valence-corrected chi connectivity index (χ4v) is 1.42. The lowest BCUT2D eigenvalue weighted by atomic mass is 10.3. The van der Waals surface area contributed by atoms with Gasteiger partial charge in [-0.15, -0.1) is 0 Å². The number of rotatable bonds is 5. The monoisotopic (exact) mass is 353 g/mol. The van der Waals surface area contributed by atoms with Crippen molar-refractivity contribution in [1.82, 2.24) is 0 Å². The summed E-state index contributed by atoms with van der Waals surface area (Å²) in [5.41, 5.74) is 0. The second-order valence-corrected chi connectivity index (χ2v) is 6.95. The van der Waals surface area contributed by atoms with E-state index in [1.54, 1.807) is 19.2 Å². The summed E-state index contributed by atoms with van der Waals surface area (Å²) in [5, 5.41) is 0.686. The molecule has 0 fully saturated rings. The van der Waals surface area contributed by atoms with Crippen molar-refractivity contribution in [2.24, 2.45) is 4.40 Å². The lowest BCUT2D eigenvalue weighted by Gasteiger charge is -2.12. The van der Waals surface area contributed by atoms with Crippen LogP contribution in [0.15, 0.2) is 16.5 Å². The van der Waals surface area contributed by atoms with Crippen LogP contribution in [0.25, 0.3) is 0 Å². The molecule has 0 aromatic carbocycles. The highest BCUT2D eigenvalue weighted by molar-refractivity contribution is 9.09. The molecule has 1 atom stereocenters. The van der Waals surface area contributed by atoms with E-state index in [0.717, 1.165) is 6.42 Å². The van der Waals surface area contributed by atoms with E-state index in [-0.39, 0.29) is 10.7 Å². The van der Waals surface area contributed by atoms with Crippen LogP contribution in [0, 0.1) is 0 Å². The molecule has 4 nitrogen and oxygen atoms in total. The predicted octanol–water partition coefficient (Wildman–Crippen LogP) is 3.43. The van der Waals surface area contributed by atoms with Crippen LogP contribution in [0.2, 0.25) is 0 Å². The fraction of sp³-hybridized carbons (Fsp3) is 0.692. The Hall–Kier alpha value is -0.490. The molecule has 0 aliphatic heterocycles. The maximum absolute atomic E-state index is 11.1. The number of hydrogen-bond donors (Lipinski definition) is 0. The Morgan fingerprint density at radius 2 is 1.95 bits per heavy atom. The Kier molecular flexibility index (Phi) is 13.7. The van der Waals surface area contributed by atoms with Crippen LogP contribution in [0.1, 0.15) is 41.0 Å². The number of allylic oxidation sites excluding steroid dienone is 1. The van der Waals surface area contributed by atoms with Crippen molar-refractivity contribution in [1.29, 1.82) is 0 Å². The molecule has 0 bridgehead atoms. The minimum Gasteiger partial charge on any atom is -0.463 e. The normalized spacial score (nSPS) is 13.2. The van der Waals surface area contributed by atoms with E-state index in [2.05, 4.69) is 25.1 Å².